The molecule has 1 heterocycles. The van der Waals surface area contributed by atoms with Crippen molar-refractivity contribution in [1.29, 1.82) is 0 Å². The minimum Gasteiger partial charge on any atom is -0.508 e. The number of hydrogen-bond acceptors (Lipinski definition) is 3. The molecular formula is C11H14N2O. The molecule has 3 rings (SSSR count). The van der Waals surface area contributed by atoms with Gasteiger partial charge in [0.15, 0.2) is 0 Å². The van der Waals surface area contributed by atoms with Crippen molar-refractivity contribution in [2.24, 2.45) is 5.92 Å². The molecule has 3 aliphatic rings. The van der Waals surface area contributed by atoms with Crippen LogP contribution >= 0.6 is 0 Å². The third-order valence-electron chi connectivity index (χ3n) is 3.34. The highest BCUT2D eigenvalue weighted by atomic mass is 16.3. The zero-order valence-corrected chi connectivity index (χ0v) is 7.90. The largest absolute Gasteiger partial charge is 0.508 e. The van der Waals surface area contributed by atoms with Gasteiger partial charge in [-0.3, -0.25) is 5.32 Å². The molecule has 0 aromatic carbocycles. The van der Waals surface area contributed by atoms with Crippen LogP contribution in [0.15, 0.2) is 35.6 Å². The Balaban J connectivity index is 2.04. The zero-order valence-electron chi connectivity index (χ0n) is 7.90. The van der Waals surface area contributed by atoms with Crippen molar-refractivity contribution in [3.05, 3.63) is 35.6 Å². The van der Waals surface area contributed by atoms with Crippen LogP contribution in [0.25, 0.3) is 0 Å². The molecule has 2 aliphatic carbocycles. The van der Waals surface area contributed by atoms with Crippen LogP contribution in [-0.4, -0.2) is 23.9 Å². The third-order valence-corrected chi connectivity index (χ3v) is 3.34. The fourth-order valence-electron chi connectivity index (χ4n) is 2.64. The molecule has 0 aromatic heterocycles. The number of aliphatic hydroxyl groups excluding tert-OH is 1. The minimum atomic E-state index is 0.386. The highest BCUT2D eigenvalue weighted by Gasteiger charge is 2.38. The van der Waals surface area contributed by atoms with Crippen molar-refractivity contribution in [2.45, 2.75) is 18.5 Å². The van der Waals surface area contributed by atoms with E-state index in [9.17, 15) is 5.11 Å². The summed E-state index contributed by atoms with van der Waals surface area (Å²) in [5, 5.41) is 16.6. The SMILES string of the molecule is OC1=CCC2NCNC3C=CC=C1C32. The van der Waals surface area contributed by atoms with Crippen LogP contribution < -0.4 is 10.6 Å². The van der Waals surface area contributed by atoms with Crippen molar-refractivity contribution in [1.82, 2.24) is 10.6 Å². The lowest BCUT2D eigenvalue weighted by atomic mass is 9.75. The molecule has 3 heteroatoms. The molecule has 74 valence electrons. The Kier molecular flexibility index (Phi) is 1.75. The molecule has 0 amide bonds. The first-order valence-corrected chi connectivity index (χ1v) is 5.11. The Labute approximate surface area is 83.2 Å². The van der Waals surface area contributed by atoms with Crippen molar-refractivity contribution in [2.75, 3.05) is 6.67 Å². The summed E-state index contributed by atoms with van der Waals surface area (Å²) >= 11 is 0. The summed E-state index contributed by atoms with van der Waals surface area (Å²) in [5.41, 5.74) is 1.08. The smallest absolute Gasteiger partial charge is 0.115 e. The van der Waals surface area contributed by atoms with Crippen LogP contribution in [0, 0.1) is 5.92 Å². The first-order chi connectivity index (χ1) is 6.86. The van der Waals surface area contributed by atoms with Crippen molar-refractivity contribution in [3.8, 4) is 0 Å². The van der Waals surface area contributed by atoms with Gasteiger partial charge in [0, 0.05) is 30.2 Å². The lowest BCUT2D eigenvalue weighted by Gasteiger charge is -2.42. The molecule has 14 heavy (non-hydrogen) atoms. The Morgan fingerprint density at radius 3 is 3.21 bits per heavy atom. The molecular weight excluding hydrogens is 176 g/mol. The zero-order chi connectivity index (χ0) is 9.54. The molecule has 3 atom stereocenters. The van der Waals surface area contributed by atoms with Gasteiger partial charge in [0.2, 0.25) is 0 Å². The molecule has 0 aromatic rings. The Hall–Kier alpha value is -1.06. The monoisotopic (exact) mass is 190 g/mol. The van der Waals surface area contributed by atoms with E-state index in [1.807, 2.05) is 18.2 Å². The van der Waals surface area contributed by atoms with Gasteiger partial charge in [0.25, 0.3) is 0 Å². The summed E-state index contributed by atoms with van der Waals surface area (Å²) in [4.78, 5) is 0. The Morgan fingerprint density at radius 1 is 1.36 bits per heavy atom. The van der Waals surface area contributed by atoms with Gasteiger partial charge in [-0.25, -0.2) is 0 Å². The number of rotatable bonds is 0. The average molecular weight is 190 g/mol. The van der Waals surface area contributed by atoms with Gasteiger partial charge < -0.3 is 10.4 Å². The van der Waals surface area contributed by atoms with E-state index in [2.05, 4.69) is 16.7 Å². The molecule has 0 radical (unpaired) electrons. The molecule has 3 unspecified atom stereocenters. The first kappa shape index (κ1) is 8.26. The molecule has 3 N–H and O–H groups in total. The van der Waals surface area contributed by atoms with Gasteiger partial charge in [-0.1, -0.05) is 18.2 Å². The van der Waals surface area contributed by atoms with E-state index < -0.39 is 0 Å². The maximum atomic E-state index is 9.76. The highest BCUT2D eigenvalue weighted by molar-refractivity contribution is 5.41. The maximum Gasteiger partial charge on any atom is 0.115 e. The summed E-state index contributed by atoms with van der Waals surface area (Å²) < 4.78 is 0. The standard InChI is InChI=1S/C11H14N2O/c14-10-5-4-9-11-7(10)2-1-3-8(11)12-6-13-9/h1-3,5,8-9,11-14H,4,6H2. The fraction of sp³-hybridized carbons (Fsp3) is 0.455. The first-order valence-electron chi connectivity index (χ1n) is 5.11. The molecule has 0 spiro atoms. The van der Waals surface area contributed by atoms with Gasteiger partial charge in [-0.2, -0.15) is 0 Å². The van der Waals surface area contributed by atoms with Crippen molar-refractivity contribution in [3.63, 3.8) is 0 Å². The van der Waals surface area contributed by atoms with Gasteiger partial charge in [0.05, 0.1) is 0 Å². The van der Waals surface area contributed by atoms with Crippen LogP contribution in [0.3, 0.4) is 0 Å². The number of aliphatic hydroxyl groups is 1. The topological polar surface area (TPSA) is 44.3 Å². The normalized spacial score (nSPS) is 39.9. The van der Waals surface area contributed by atoms with Gasteiger partial charge in [0.1, 0.15) is 5.76 Å². The van der Waals surface area contributed by atoms with Crippen LogP contribution in [0.2, 0.25) is 0 Å². The Morgan fingerprint density at radius 2 is 2.29 bits per heavy atom. The molecule has 0 bridgehead atoms. The van der Waals surface area contributed by atoms with E-state index in [4.69, 9.17) is 0 Å². The van der Waals surface area contributed by atoms with Gasteiger partial charge in [-0.05, 0) is 12.5 Å². The molecule has 1 saturated heterocycles. The molecule has 1 aliphatic heterocycles. The second-order valence-electron chi connectivity index (χ2n) is 4.08. The van der Waals surface area contributed by atoms with E-state index in [-0.39, 0.29) is 0 Å². The summed E-state index contributed by atoms with van der Waals surface area (Å²) in [6, 6.07) is 0.866. The second-order valence-corrected chi connectivity index (χ2v) is 4.08. The van der Waals surface area contributed by atoms with Crippen LogP contribution in [0.4, 0.5) is 0 Å². The molecule has 0 saturated carbocycles. The Bertz CT molecular complexity index is 343. The van der Waals surface area contributed by atoms with E-state index in [0.717, 1.165) is 18.7 Å². The highest BCUT2D eigenvalue weighted by Crippen LogP contribution is 2.35. The average Bonchev–Trinajstić information content (AvgIpc) is 2.24. The number of nitrogens with one attached hydrogen (secondary N) is 2. The predicted octanol–water partition coefficient (Wildman–Crippen LogP) is 0.832. The van der Waals surface area contributed by atoms with Crippen molar-refractivity contribution < 1.29 is 5.11 Å². The maximum absolute atomic E-state index is 9.76. The van der Waals surface area contributed by atoms with Crippen molar-refractivity contribution >= 4 is 0 Å². The summed E-state index contributed by atoms with van der Waals surface area (Å²) in [6.45, 7) is 0.859. The molecule has 1 fully saturated rings. The van der Waals surface area contributed by atoms with Crippen LogP contribution in [0.5, 0.6) is 0 Å². The van der Waals surface area contributed by atoms with Gasteiger partial charge >= 0.3 is 0 Å². The van der Waals surface area contributed by atoms with E-state index in [0.29, 0.717) is 23.8 Å². The van der Waals surface area contributed by atoms with Gasteiger partial charge in [-0.15, -0.1) is 0 Å². The molecule has 3 nitrogen and oxygen atoms in total. The van der Waals surface area contributed by atoms with E-state index in [1.54, 1.807) is 0 Å². The number of allylic oxidation sites excluding steroid dienone is 3. The third kappa shape index (κ3) is 1.06. The summed E-state index contributed by atoms with van der Waals surface area (Å²) in [6.07, 6.45) is 9.08. The number of hydrogen-bond donors (Lipinski definition) is 3. The lowest BCUT2D eigenvalue weighted by molar-refractivity contribution is 0.243. The fourth-order valence-corrected chi connectivity index (χ4v) is 2.64. The van der Waals surface area contributed by atoms with Crippen LogP contribution in [0.1, 0.15) is 6.42 Å². The summed E-state index contributed by atoms with van der Waals surface area (Å²) in [5.74, 6) is 0.866. The lowest BCUT2D eigenvalue weighted by Crippen LogP contribution is -2.58. The predicted molar refractivity (Wildman–Crippen MR) is 54.8 cm³/mol. The van der Waals surface area contributed by atoms with Crippen LogP contribution in [-0.2, 0) is 0 Å². The summed E-state index contributed by atoms with van der Waals surface area (Å²) in [7, 11) is 0. The second kappa shape index (κ2) is 2.97. The quantitative estimate of drug-likeness (QED) is 0.530. The minimum absolute atomic E-state index is 0.386. The van der Waals surface area contributed by atoms with E-state index in [1.165, 1.54) is 0 Å². The van der Waals surface area contributed by atoms with E-state index >= 15 is 0 Å².